The lowest BCUT2D eigenvalue weighted by Gasteiger charge is -2.37. The number of methoxy groups -OCH3 is 1. The Morgan fingerprint density at radius 2 is 1.26 bits per heavy atom. The molecule has 0 unspecified atom stereocenters. The van der Waals surface area contributed by atoms with Crippen molar-refractivity contribution in [1.29, 1.82) is 0 Å². The smallest absolute Gasteiger partial charge is 0.410 e. The summed E-state index contributed by atoms with van der Waals surface area (Å²) in [4.78, 5) is 41.3. The standard InChI is InChI=1S/C35H46ClFN8O5/c1-34(2,3)49-32(46)44-16-12-42(13-17-44)23-8-10-27(26(37)20-23)39-30-25(36)22-38-31(41-30)40-28-11-9-24(21-29(28)48-7)43-14-18-45(19-15-43)33(47)50-35(4,5)6/h8-11,20-22H,12-19H2,1-7H3,(H2,38,39,40,41). The summed E-state index contributed by atoms with van der Waals surface area (Å²) in [7, 11) is 1.58. The molecule has 0 saturated carbocycles. The van der Waals surface area contributed by atoms with Crippen molar-refractivity contribution in [2.24, 2.45) is 0 Å². The quantitative estimate of drug-likeness (QED) is 0.266. The zero-order valence-electron chi connectivity index (χ0n) is 29.7. The number of aromatic nitrogens is 2. The van der Waals surface area contributed by atoms with Gasteiger partial charge in [0.2, 0.25) is 5.95 Å². The van der Waals surface area contributed by atoms with Gasteiger partial charge >= 0.3 is 12.2 Å². The van der Waals surface area contributed by atoms with E-state index in [1.54, 1.807) is 23.0 Å². The van der Waals surface area contributed by atoms with Crippen molar-refractivity contribution in [1.82, 2.24) is 19.8 Å². The van der Waals surface area contributed by atoms with Crippen LogP contribution in [0.2, 0.25) is 5.02 Å². The van der Waals surface area contributed by atoms with E-state index in [9.17, 15) is 9.59 Å². The van der Waals surface area contributed by atoms with Gasteiger partial charge in [-0.1, -0.05) is 11.6 Å². The molecule has 2 fully saturated rings. The second-order valence-corrected chi connectivity index (χ2v) is 14.5. The summed E-state index contributed by atoms with van der Waals surface area (Å²) in [6.07, 6.45) is 0.777. The van der Waals surface area contributed by atoms with E-state index in [0.717, 1.165) is 5.69 Å². The first-order valence-electron chi connectivity index (χ1n) is 16.6. The summed E-state index contributed by atoms with van der Waals surface area (Å²) in [6.45, 7) is 15.5. The summed E-state index contributed by atoms with van der Waals surface area (Å²) in [6, 6.07) is 10.6. The molecular weight excluding hydrogens is 667 g/mol. The molecule has 2 amide bonds. The van der Waals surface area contributed by atoms with Crippen LogP contribution in [0.15, 0.2) is 42.6 Å². The SMILES string of the molecule is COc1cc(N2CCN(C(=O)OC(C)(C)C)CC2)ccc1Nc1ncc(Cl)c(Nc2ccc(N3CCN(C(=O)OC(C)(C)C)CC3)cc2F)n1. The van der Waals surface area contributed by atoms with Crippen molar-refractivity contribution in [3.63, 3.8) is 0 Å². The highest BCUT2D eigenvalue weighted by Crippen LogP contribution is 2.34. The molecule has 0 atom stereocenters. The molecule has 0 spiro atoms. The number of nitrogens with one attached hydrogen (secondary N) is 2. The summed E-state index contributed by atoms with van der Waals surface area (Å²) in [5, 5.41) is 6.37. The lowest BCUT2D eigenvalue weighted by Crippen LogP contribution is -2.50. The van der Waals surface area contributed by atoms with Gasteiger partial charge in [0.25, 0.3) is 0 Å². The zero-order valence-corrected chi connectivity index (χ0v) is 30.4. The molecule has 2 aliphatic rings. The molecule has 0 bridgehead atoms. The second kappa shape index (κ2) is 15.0. The maximum absolute atomic E-state index is 15.4. The number of benzene rings is 2. The molecule has 2 N–H and O–H groups in total. The predicted octanol–water partition coefficient (Wildman–Crippen LogP) is 6.88. The summed E-state index contributed by atoms with van der Waals surface area (Å²) < 4.78 is 32.0. The maximum Gasteiger partial charge on any atom is 0.410 e. The van der Waals surface area contributed by atoms with E-state index in [-0.39, 0.29) is 34.7 Å². The van der Waals surface area contributed by atoms with Crippen LogP contribution >= 0.6 is 11.6 Å². The molecule has 3 heterocycles. The van der Waals surface area contributed by atoms with E-state index in [4.69, 9.17) is 25.8 Å². The number of nitrogens with zero attached hydrogens (tertiary/aromatic N) is 6. The Hall–Kier alpha value is -4.72. The van der Waals surface area contributed by atoms with Crippen LogP contribution in [0.25, 0.3) is 0 Å². The Balaban J connectivity index is 1.20. The Morgan fingerprint density at radius 1 is 0.760 bits per heavy atom. The summed E-state index contributed by atoms with van der Waals surface area (Å²) in [5.41, 5.74) is 1.36. The number of ether oxygens (including phenoxy) is 3. The predicted molar refractivity (Wildman–Crippen MR) is 193 cm³/mol. The fourth-order valence-corrected chi connectivity index (χ4v) is 5.63. The number of anilines is 6. The van der Waals surface area contributed by atoms with Gasteiger partial charge in [0, 0.05) is 69.8 Å². The average Bonchev–Trinajstić information content (AvgIpc) is 3.06. The van der Waals surface area contributed by atoms with Crippen molar-refractivity contribution < 1.29 is 28.2 Å². The van der Waals surface area contributed by atoms with Gasteiger partial charge in [-0.25, -0.2) is 19.0 Å². The number of carbonyl (C=O) groups excluding carboxylic acids is 2. The summed E-state index contributed by atoms with van der Waals surface area (Å²) in [5.74, 6) is 0.540. The first kappa shape index (κ1) is 36.6. The number of rotatable bonds is 7. The monoisotopic (exact) mass is 712 g/mol. The molecule has 2 aromatic carbocycles. The highest BCUT2D eigenvalue weighted by Gasteiger charge is 2.28. The van der Waals surface area contributed by atoms with Crippen molar-refractivity contribution in [3.8, 4) is 5.75 Å². The van der Waals surface area contributed by atoms with Gasteiger partial charge in [0.15, 0.2) is 5.82 Å². The fraction of sp³-hybridized carbons (Fsp3) is 0.486. The van der Waals surface area contributed by atoms with Gasteiger partial charge in [-0.15, -0.1) is 0 Å². The third-order valence-corrected chi connectivity index (χ3v) is 8.25. The van der Waals surface area contributed by atoms with E-state index < -0.39 is 17.0 Å². The molecule has 270 valence electrons. The van der Waals surface area contributed by atoms with E-state index in [1.807, 2.05) is 70.7 Å². The van der Waals surface area contributed by atoms with E-state index >= 15 is 4.39 Å². The highest BCUT2D eigenvalue weighted by atomic mass is 35.5. The van der Waals surface area contributed by atoms with Gasteiger partial charge in [-0.2, -0.15) is 4.98 Å². The van der Waals surface area contributed by atoms with Crippen LogP contribution in [-0.4, -0.2) is 103 Å². The van der Waals surface area contributed by atoms with Crippen molar-refractivity contribution >= 4 is 58.3 Å². The van der Waals surface area contributed by atoms with Crippen molar-refractivity contribution in [3.05, 3.63) is 53.4 Å². The maximum atomic E-state index is 15.4. The largest absolute Gasteiger partial charge is 0.494 e. The third kappa shape index (κ3) is 9.49. The Bertz CT molecular complexity index is 1680. The van der Waals surface area contributed by atoms with Crippen LogP contribution in [0.3, 0.4) is 0 Å². The molecular formula is C35H46ClFN8O5. The van der Waals surface area contributed by atoms with Crippen LogP contribution in [0.1, 0.15) is 41.5 Å². The highest BCUT2D eigenvalue weighted by molar-refractivity contribution is 6.32. The van der Waals surface area contributed by atoms with E-state index in [1.165, 1.54) is 12.3 Å². The Kier molecular flexibility index (Phi) is 11.0. The molecule has 3 aromatic rings. The third-order valence-electron chi connectivity index (χ3n) is 7.97. The van der Waals surface area contributed by atoms with Crippen molar-refractivity contribution in [2.75, 3.05) is 79.9 Å². The second-order valence-electron chi connectivity index (χ2n) is 14.1. The molecule has 13 nitrogen and oxygen atoms in total. The van der Waals surface area contributed by atoms with Gasteiger partial charge in [-0.3, -0.25) is 0 Å². The Labute approximate surface area is 297 Å². The molecule has 2 saturated heterocycles. The van der Waals surface area contributed by atoms with Crippen molar-refractivity contribution in [2.45, 2.75) is 52.7 Å². The minimum absolute atomic E-state index is 0.196. The molecule has 50 heavy (non-hydrogen) atoms. The minimum atomic E-state index is -0.563. The van der Waals surface area contributed by atoms with Gasteiger partial charge in [-0.05, 0) is 71.9 Å². The van der Waals surface area contributed by atoms with E-state index in [2.05, 4.69) is 25.5 Å². The molecule has 5 rings (SSSR count). The van der Waals surface area contributed by atoms with Crippen LogP contribution in [-0.2, 0) is 9.47 Å². The number of halogens is 2. The number of piperazine rings is 2. The number of hydrogen-bond acceptors (Lipinski definition) is 11. The van der Waals surface area contributed by atoms with Gasteiger partial charge < -0.3 is 44.4 Å². The number of amides is 2. The normalized spacial score (nSPS) is 15.5. The van der Waals surface area contributed by atoms with Crippen LogP contribution in [0.5, 0.6) is 5.75 Å². The molecule has 2 aliphatic heterocycles. The van der Waals surface area contributed by atoms with Crippen LogP contribution in [0.4, 0.5) is 48.5 Å². The van der Waals surface area contributed by atoms with Crippen LogP contribution < -0.4 is 25.2 Å². The molecule has 1 aromatic heterocycles. The Morgan fingerprint density at radius 3 is 1.74 bits per heavy atom. The zero-order chi connectivity index (χ0) is 36.2. The van der Waals surface area contributed by atoms with Gasteiger partial charge in [0.1, 0.15) is 27.8 Å². The van der Waals surface area contributed by atoms with E-state index in [0.29, 0.717) is 69.5 Å². The first-order valence-corrected chi connectivity index (χ1v) is 17.0. The molecule has 0 radical (unpaired) electrons. The van der Waals surface area contributed by atoms with Gasteiger partial charge in [0.05, 0.1) is 24.7 Å². The number of carbonyl (C=O) groups is 2. The van der Waals surface area contributed by atoms with Crippen LogP contribution in [0, 0.1) is 5.82 Å². The summed E-state index contributed by atoms with van der Waals surface area (Å²) >= 11 is 6.41. The number of hydrogen-bond donors (Lipinski definition) is 2. The topological polar surface area (TPSA) is 125 Å². The first-order chi connectivity index (χ1) is 23.6. The molecule has 15 heteroatoms. The lowest BCUT2D eigenvalue weighted by atomic mass is 10.2. The minimum Gasteiger partial charge on any atom is -0.494 e. The lowest BCUT2D eigenvalue weighted by molar-refractivity contribution is 0.0230. The average molecular weight is 713 g/mol. The molecule has 0 aliphatic carbocycles. The fourth-order valence-electron chi connectivity index (χ4n) is 5.49.